The smallest absolute Gasteiger partial charge is 0.249 e. The Kier molecular flexibility index (Phi) is 4.66. The number of carbonyl (C=O) groups is 1. The van der Waals surface area contributed by atoms with Crippen molar-refractivity contribution in [1.82, 2.24) is 15.5 Å². The molecule has 1 aromatic carbocycles. The van der Waals surface area contributed by atoms with E-state index in [0.717, 1.165) is 24.8 Å². The van der Waals surface area contributed by atoms with Gasteiger partial charge in [-0.15, -0.1) is 0 Å². The fourth-order valence-corrected chi connectivity index (χ4v) is 2.60. The van der Waals surface area contributed by atoms with Crippen LogP contribution < -0.4 is 5.32 Å². The number of rotatable bonds is 6. The second kappa shape index (κ2) is 6.71. The van der Waals surface area contributed by atoms with Crippen LogP contribution in [0.25, 0.3) is 11.4 Å². The number of halogens is 1. The summed E-state index contributed by atoms with van der Waals surface area (Å²) >= 11 is 6.00. The van der Waals surface area contributed by atoms with Crippen molar-refractivity contribution in [2.75, 3.05) is 0 Å². The zero-order chi connectivity index (χ0) is 16.4. The molecule has 5 nitrogen and oxygen atoms in total. The van der Waals surface area contributed by atoms with Gasteiger partial charge in [0.15, 0.2) is 0 Å². The van der Waals surface area contributed by atoms with Gasteiger partial charge >= 0.3 is 0 Å². The summed E-state index contributed by atoms with van der Waals surface area (Å²) in [7, 11) is 0. The number of nitrogens with one attached hydrogen (secondary N) is 1. The second-order valence-electron chi connectivity index (χ2n) is 6.11. The molecule has 1 aliphatic carbocycles. The van der Waals surface area contributed by atoms with Crippen LogP contribution in [0.3, 0.4) is 0 Å². The van der Waals surface area contributed by atoms with Gasteiger partial charge in [-0.05, 0) is 30.9 Å². The minimum atomic E-state index is -0.256. The van der Waals surface area contributed by atoms with Crippen LogP contribution in [-0.4, -0.2) is 16.0 Å². The highest BCUT2D eigenvalue weighted by molar-refractivity contribution is 6.30. The van der Waals surface area contributed by atoms with E-state index in [9.17, 15) is 4.79 Å². The maximum absolute atomic E-state index is 12.1. The molecule has 1 fully saturated rings. The lowest BCUT2D eigenvalue weighted by atomic mass is 9.99. The molecule has 1 heterocycles. The van der Waals surface area contributed by atoms with E-state index in [0.29, 0.717) is 16.7 Å². The lowest BCUT2D eigenvalue weighted by Crippen LogP contribution is -2.33. The van der Waals surface area contributed by atoms with E-state index in [-0.39, 0.29) is 23.8 Å². The lowest BCUT2D eigenvalue weighted by molar-refractivity contribution is -0.123. The zero-order valence-electron chi connectivity index (χ0n) is 13.3. The molecule has 1 N–H and O–H groups in total. The van der Waals surface area contributed by atoms with Gasteiger partial charge in [-0.1, -0.05) is 49.2 Å². The summed E-state index contributed by atoms with van der Waals surface area (Å²) in [5.41, 5.74) is 0.795. The van der Waals surface area contributed by atoms with Gasteiger partial charge in [-0.2, -0.15) is 4.98 Å². The number of hydrogen-bond donors (Lipinski definition) is 1. The number of hydrogen-bond acceptors (Lipinski definition) is 4. The van der Waals surface area contributed by atoms with E-state index < -0.39 is 0 Å². The highest BCUT2D eigenvalue weighted by Crippen LogP contribution is 2.32. The number of aromatic nitrogens is 2. The summed E-state index contributed by atoms with van der Waals surface area (Å²) in [6, 6.07) is 7.05. The van der Waals surface area contributed by atoms with E-state index in [1.165, 1.54) is 0 Å². The standard InChI is InChI=1S/C17H20ClN3O2/c1-3-10(2)14(19-16(22)11-7-8-11)17-20-15(21-23-17)12-5-4-6-13(18)9-12/h4-6,9-11,14H,3,7-8H2,1-2H3,(H,19,22)/t10-,14+/m0/s1. The number of carbonyl (C=O) groups excluding carboxylic acids is 1. The quantitative estimate of drug-likeness (QED) is 0.867. The molecule has 6 heteroatoms. The fraction of sp³-hybridized carbons (Fsp3) is 0.471. The molecular formula is C17H20ClN3O2. The van der Waals surface area contributed by atoms with Crippen molar-refractivity contribution in [3.05, 3.63) is 35.2 Å². The molecule has 0 radical (unpaired) electrons. The Morgan fingerprint density at radius 1 is 1.48 bits per heavy atom. The van der Waals surface area contributed by atoms with Crippen LogP contribution in [-0.2, 0) is 4.79 Å². The molecule has 0 saturated heterocycles. The van der Waals surface area contributed by atoms with Crippen LogP contribution in [0.2, 0.25) is 5.02 Å². The molecule has 1 saturated carbocycles. The highest BCUT2D eigenvalue weighted by Gasteiger charge is 2.34. The monoisotopic (exact) mass is 333 g/mol. The Balaban J connectivity index is 1.83. The van der Waals surface area contributed by atoms with E-state index >= 15 is 0 Å². The van der Waals surface area contributed by atoms with Gasteiger partial charge in [0.1, 0.15) is 6.04 Å². The van der Waals surface area contributed by atoms with Crippen molar-refractivity contribution >= 4 is 17.5 Å². The van der Waals surface area contributed by atoms with Crippen molar-refractivity contribution in [2.45, 2.75) is 39.2 Å². The van der Waals surface area contributed by atoms with E-state index in [1.54, 1.807) is 12.1 Å². The number of amides is 1. The van der Waals surface area contributed by atoms with Gasteiger partial charge in [0.05, 0.1) is 0 Å². The molecule has 0 spiro atoms. The van der Waals surface area contributed by atoms with Crippen molar-refractivity contribution < 1.29 is 9.32 Å². The SMILES string of the molecule is CC[C@H](C)[C@@H](NC(=O)C1CC1)c1nc(-c2cccc(Cl)c2)no1. The van der Waals surface area contributed by atoms with Gasteiger partial charge in [0.25, 0.3) is 0 Å². The van der Waals surface area contributed by atoms with E-state index in [4.69, 9.17) is 16.1 Å². The predicted octanol–water partition coefficient (Wildman–Crippen LogP) is 4.00. The zero-order valence-corrected chi connectivity index (χ0v) is 14.0. The first-order chi connectivity index (χ1) is 11.1. The summed E-state index contributed by atoms with van der Waals surface area (Å²) in [6.45, 7) is 4.15. The van der Waals surface area contributed by atoms with Crippen molar-refractivity contribution in [3.8, 4) is 11.4 Å². The summed E-state index contributed by atoms with van der Waals surface area (Å²) in [6.07, 6.45) is 2.85. The molecule has 1 amide bonds. The van der Waals surface area contributed by atoms with Crippen molar-refractivity contribution in [3.63, 3.8) is 0 Å². The molecule has 1 aromatic heterocycles. The first kappa shape index (κ1) is 16.0. The average molecular weight is 334 g/mol. The molecule has 3 rings (SSSR count). The topological polar surface area (TPSA) is 68.0 Å². The molecule has 2 atom stereocenters. The minimum absolute atomic E-state index is 0.0813. The Morgan fingerprint density at radius 2 is 2.26 bits per heavy atom. The fourth-order valence-electron chi connectivity index (χ4n) is 2.41. The maximum Gasteiger partial charge on any atom is 0.249 e. The van der Waals surface area contributed by atoms with Gasteiger partial charge in [-0.3, -0.25) is 4.79 Å². The summed E-state index contributed by atoms with van der Waals surface area (Å²) < 4.78 is 5.43. The van der Waals surface area contributed by atoms with Crippen LogP contribution in [0.4, 0.5) is 0 Å². The van der Waals surface area contributed by atoms with Crippen LogP contribution in [0.5, 0.6) is 0 Å². The third kappa shape index (κ3) is 3.72. The van der Waals surface area contributed by atoms with Gasteiger partial charge in [0, 0.05) is 16.5 Å². The summed E-state index contributed by atoms with van der Waals surface area (Å²) in [5.74, 6) is 1.37. The molecular weight excluding hydrogens is 314 g/mol. The van der Waals surface area contributed by atoms with E-state index in [2.05, 4.69) is 29.3 Å². The Hall–Kier alpha value is -1.88. The van der Waals surface area contributed by atoms with Gasteiger partial charge < -0.3 is 9.84 Å². The number of benzene rings is 1. The molecule has 2 aromatic rings. The molecule has 1 aliphatic rings. The predicted molar refractivity (Wildman–Crippen MR) is 87.8 cm³/mol. The largest absolute Gasteiger partial charge is 0.344 e. The molecule has 122 valence electrons. The minimum Gasteiger partial charge on any atom is -0.344 e. The Morgan fingerprint density at radius 3 is 2.91 bits per heavy atom. The molecule has 0 bridgehead atoms. The first-order valence-electron chi connectivity index (χ1n) is 7.98. The van der Waals surface area contributed by atoms with Crippen LogP contribution in [0, 0.1) is 11.8 Å². The Labute approximate surface area is 140 Å². The van der Waals surface area contributed by atoms with Crippen molar-refractivity contribution in [1.29, 1.82) is 0 Å². The maximum atomic E-state index is 12.1. The third-order valence-electron chi connectivity index (χ3n) is 4.25. The summed E-state index contributed by atoms with van der Waals surface area (Å²) in [5, 5.41) is 7.72. The Bertz CT molecular complexity index is 697. The number of nitrogens with zero attached hydrogens (tertiary/aromatic N) is 2. The van der Waals surface area contributed by atoms with Gasteiger partial charge in [0.2, 0.25) is 17.6 Å². The van der Waals surface area contributed by atoms with Crippen LogP contribution >= 0.6 is 11.6 Å². The third-order valence-corrected chi connectivity index (χ3v) is 4.48. The van der Waals surface area contributed by atoms with Crippen molar-refractivity contribution in [2.24, 2.45) is 11.8 Å². The van der Waals surface area contributed by atoms with Crippen LogP contribution in [0.1, 0.15) is 45.0 Å². The molecule has 23 heavy (non-hydrogen) atoms. The normalized spacial score (nSPS) is 16.8. The van der Waals surface area contributed by atoms with E-state index in [1.807, 2.05) is 12.1 Å². The average Bonchev–Trinajstić information content (AvgIpc) is 3.29. The van der Waals surface area contributed by atoms with Crippen LogP contribution in [0.15, 0.2) is 28.8 Å². The molecule has 0 aliphatic heterocycles. The van der Waals surface area contributed by atoms with Gasteiger partial charge in [-0.25, -0.2) is 0 Å². The second-order valence-corrected chi connectivity index (χ2v) is 6.55. The molecule has 0 unspecified atom stereocenters. The summed E-state index contributed by atoms with van der Waals surface area (Å²) in [4.78, 5) is 16.6. The first-order valence-corrected chi connectivity index (χ1v) is 8.36. The highest BCUT2D eigenvalue weighted by atomic mass is 35.5. The lowest BCUT2D eigenvalue weighted by Gasteiger charge is -2.20.